The molecule has 0 amide bonds. The Kier molecular flexibility index (Phi) is 7.06. The number of nitrogens with one attached hydrogen (secondary N) is 2. The summed E-state index contributed by atoms with van der Waals surface area (Å²) in [6.07, 6.45) is 9.42. The minimum atomic E-state index is 0.650. The second-order valence-corrected chi connectivity index (χ2v) is 5.49. The Hall–Kier alpha value is -0.0800. The Morgan fingerprint density at radius 3 is 2.75 bits per heavy atom. The predicted molar refractivity (Wildman–Crippen MR) is 71.8 cm³/mol. The summed E-state index contributed by atoms with van der Waals surface area (Å²) in [6.45, 7) is 8.12. The molecule has 1 aliphatic heterocycles. The molecule has 1 rings (SSSR count). The van der Waals surface area contributed by atoms with Crippen molar-refractivity contribution in [2.24, 2.45) is 0 Å². The number of hydrogen-bond acceptors (Lipinski definition) is 2. The maximum absolute atomic E-state index is 3.71. The Bertz CT molecular complexity index is 162. The number of hydrogen-bond donors (Lipinski definition) is 2. The van der Waals surface area contributed by atoms with Crippen LogP contribution in [0.3, 0.4) is 0 Å². The van der Waals surface area contributed by atoms with Crippen LogP contribution in [-0.4, -0.2) is 24.7 Å². The van der Waals surface area contributed by atoms with Gasteiger partial charge in [-0.1, -0.05) is 26.2 Å². The van der Waals surface area contributed by atoms with Gasteiger partial charge in [-0.2, -0.15) is 0 Å². The van der Waals surface area contributed by atoms with Gasteiger partial charge in [0.05, 0.1) is 0 Å². The topological polar surface area (TPSA) is 24.1 Å². The van der Waals surface area contributed by atoms with Crippen molar-refractivity contribution in [1.29, 1.82) is 0 Å². The first-order chi connectivity index (χ1) is 7.72. The van der Waals surface area contributed by atoms with E-state index in [1.807, 2.05) is 0 Å². The molecule has 2 heteroatoms. The van der Waals surface area contributed by atoms with Gasteiger partial charge < -0.3 is 10.6 Å². The third-order valence-corrected chi connectivity index (χ3v) is 3.59. The Balaban J connectivity index is 2.18. The SMILES string of the molecule is CCCC(C)NC(C)CC1CCCCCN1. The van der Waals surface area contributed by atoms with Crippen LogP contribution in [0.1, 0.15) is 65.7 Å². The van der Waals surface area contributed by atoms with E-state index in [4.69, 9.17) is 0 Å². The van der Waals surface area contributed by atoms with Crippen molar-refractivity contribution in [1.82, 2.24) is 10.6 Å². The fourth-order valence-corrected chi connectivity index (χ4v) is 2.80. The lowest BCUT2D eigenvalue weighted by Gasteiger charge is -2.24. The Morgan fingerprint density at radius 2 is 2.00 bits per heavy atom. The molecule has 2 nitrogen and oxygen atoms in total. The summed E-state index contributed by atoms with van der Waals surface area (Å²) in [5.74, 6) is 0. The quantitative estimate of drug-likeness (QED) is 0.727. The Morgan fingerprint density at radius 1 is 1.19 bits per heavy atom. The van der Waals surface area contributed by atoms with Crippen molar-refractivity contribution >= 4 is 0 Å². The van der Waals surface area contributed by atoms with E-state index in [0.29, 0.717) is 12.1 Å². The molecule has 0 saturated carbocycles. The van der Waals surface area contributed by atoms with Crippen LogP contribution in [0, 0.1) is 0 Å². The largest absolute Gasteiger partial charge is 0.314 e. The third-order valence-electron chi connectivity index (χ3n) is 3.59. The van der Waals surface area contributed by atoms with Gasteiger partial charge in [0.15, 0.2) is 0 Å². The smallest absolute Gasteiger partial charge is 0.00817 e. The first-order valence-corrected chi connectivity index (χ1v) is 7.21. The van der Waals surface area contributed by atoms with Crippen LogP contribution in [0.4, 0.5) is 0 Å². The second kappa shape index (κ2) is 8.08. The molecule has 1 saturated heterocycles. The van der Waals surface area contributed by atoms with E-state index in [2.05, 4.69) is 31.4 Å². The minimum Gasteiger partial charge on any atom is -0.314 e. The molecule has 0 aromatic heterocycles. The van der Waals surface area contributed by atoms with Crippen LogP contribution >= 0.6 is 0 Å². The lowest BCUT2D eigenvalue weighted by atomic mass is 10.0. The monoisotopic (exact) mass is 226 g/mol. The van der Waals surface area contributed by atoms with Crippen LogP contribution in [0.2, 0.25) is 0 Å². The van der Waals surface area contributed by atoms with Gasteiger partial charge in [-0.25, -0.2) is 0 Å². The summed E-state index contributed by atoms with van der Waals surface area (Å²) in [5, 5.41) is 7.39. The average molecular weight is 226 g/mol. The molecule has 0 aliphatic carbocycles. The molecular weight excluding hydrogens is 196 g/mol. The van der Waals surface area contributed by atoms with Crippen molar-refractivity contribution in [3.8, 4) is 0 Å². The van der Waals surface area contributed by atoms with Gasteiger partial charge in [0.25, 0.3) is 0 Å². The summed E-state index contributed by atoms with van der Waals surface area (Å²) in [4.78, 5) is 0. The minimum absolute atomic E-state index is 0.650. The lowest BCUT2D eigenvalue weighted by molar-refractivity contribution is 0.368. The van der Waals surface area contributed by atoms with Crippen LogP contribution in [0.25, 0.3) is 0 Å². The molecule has 0 bridgehead atoms. The first kappa shape index (κ1) is 14.0. The zero-order chi connectivity index (χ0) is 11.8. The van der Waals surface area contributed by atoms with Gasteiger partial charge in [0.2, 0.25) is 0 Å². The van der Waals surface area contributed by atoms with Gasteiger partial charge in [0, 0.05) is 18.1 Å². The molecule has 3 atom stereocenters. The van der Waals surface area contributed by atoms with E-state index in [9.17, 15) is 0 Å². The fraction of sp³-hybridized carbons (Fsp3) is 1.00. The summed E-state index contributed by atoms with van der Waals surface area (Å²) >= 11 is 0. The van der Waals surface area contributed by atoms with Crippen molar-refractivity contribution in [2.45, 2.75) is 83.8 Å². The maximum Gasteiger partial charge on any atom is 0.00817 e. The highest BCUT2D eigenvalue weighted by Crippen LogP contribution is 2.13. The van der Waals surface area contributed by atoms with E-state index < -0.39 is 0 Å². The highest BCUT2D eigenvalue weighted by molar-refractivity contribution is 4.77. The summed E-state index contributed by atoms with van der Waals surface area (Å²) < 4.78 is 0. The molecule has 0 radical (unpaired) electrons. The lowest BCUT2D eigenvalue weighted by Crippen LogP contribution is -2.40. The third kappa shape index (κ3) is 5.86. The van der Waals surface area contributed by atoms with Crippen LogP contribution in [-0.2, 0) is 0 Å². The summed E-state index contributed by atoms with van der Waals surface area (Å²) in [5.41, 5.74) is 0. The molecule has 3 unspecified atom stereocenters. The Labute approximate surface area is 102 Å². The van der Waals surface area contributed by atoms with Gasteiger partial charge in [-0.3, -0.25) is 0 Å². The molecule has 1 fully saturated rings. The zero-order valence-electron chi connectivity index (χ0n) is 11.4. The van der Waals surface area contributed by atoms with Crippen molar-refractivity contribution in [2.75, 3.05) is 6.54 Å². The zero-order valence-corrected chi connectivity index (χ0v) is 11.4. The van der Waals surface area contributed by atoms with E-state index in [0.717, 1.165) is 6.04 Å². The molecule has 1 aliphatic rings. The van der Waals surface area contributed by atoms with Gasteiger partial charge in [-0.05, 0) is 46.1 Å². The van der Waals surface area contributed by atoms with E-state index >= 15 is 0 Å². The number of rotatable bonds is 6. The highest BCUT2D eigenvalue weighted by Gasteiger charge is 2.15. The summed E-state index contributed by atoms with van der Waals surface area (Å²) in [6, 6.07) is 2.07. The van der Waals surface area contributed by atoms with Gasteiger partial charge >= 0.3 is 0 Å². The molecule has 2 N–H and O–H groups in total. The molecule has 1 heterocycles. The van der Waals surface area contributed by atoms with Crippen LogP contribution in [0.15, 0.2) is 0 Å². The normalized spacial score (nSPS) is 26.1. The molecule has 0 spiro atoms. The van der Waals surface area contributed by atoms with Crippen molar-refractivity contribution in [3.63, 3.8) is 0 Å². The molecule has 16 heavy (non-hydrogen) atoms. The highest BCUT2D eigenvalue weighted by atomic mass is 15.0. The average Bonchev–Trinajstić information content (AvgIpc) is 2.46. The van der Waals surface area contributed by atoms with E-state index in [1.54, 1.807) is 0 Å². The van der Waals surface area contributed by atoms with Crippen molar-refractivity contribution in [3.05, 3.63) is 0 Å². The summed E-state index contributed by atoms with van der Waals surface area (Å²) in [7, 11) is 0. The fourth-order valence-electron chi connectivity index (χ4n) is 2.80. The molecule has 0 aromatic carbocycles. The van der Waals surface area contributed by atoms with Crippen LogP contribution < -0.4 is 10.6 Å². The maximum atomic E-state index is 3.71. The first-order valence-electron chi connectivity index (χ1n) is 7.21. The van der Waals surface area contributed by atoms with Gasteiger partial charge in [0.1, 0.15) is 0 Å². The van der Waals surface area contributed by atoms with E-state index in [1.165, 1.54) is 51.5 Å². The molecular formula is C14H30N2. The molecule has 0 aromatic rings. The van der Waals surface area contributed by atoms with E-state index in [-0.39, 0.29) is 0 Å². The predicted octanol–water partition coefficient (Wildman–Crippen LogP) is 3.08. The van der Waals surface area contributed by atoms with Gasteiger partial charge in [-0.15, -0.1) is 0 Å². The van der Waals surface area contributed by atoms with Crippen LogP contribution in [0.5, 0.6) is 0 Å². The second-order valence-electron chi connectivity index (χ2n) is 5.49. The van der Waals surface area contributed by atoms with Crippen molar-refractivity contribution < 1.29 is 0 Å². The standard InChI is InChI=1S/C14H30N2/c1-4-8-12(2)16-13(3)11-14-9-6-5-7-10-15-14/h12-16H,4-11H2,1-3H3. The molecule has 96 valence electrons.